The van der Waals surface area contributed by atoms with Crippen LogP contribution in [0.4, 0.5) is 8.78 Å². The topological polar surface area (TPSA) is 85.3 Å². The zero-order valence-corrected chi connectivity index (χ0v) is 16.3. The van der Waals surface area contributed by atoms with Crippen LogP contribution in [0.1, 0.15) is 25.3 Å². The van der Waals surface area contributed by atoms with Gasteiger partial charge in [-0.25, -0.2) is 13.6 Å². The second-order valence-corrected chi connectivity index (χ2v) is 6.64. The SMILES string of the molecule is CCOC(=O)C1=C(C)OC(N)=C(C#N)C1c1c(Br)cc(F)c(Br)c1F. The highest BCUT2D eigenvalue weighted by molar-refractivity contribution is 9.11. The number of benzene rings is 1. The maximum atomic E-state index is 14.8. The number of esters is 1. The largest absolute Gasteiger partial charge is 0.463 e. The van der Waals surface area contributed by atoms with Crippen molar-refractivity contribution in [2.45, 2.75) is 19.8 Å². The summed E-state index contributed by atoms with van der Waals surface area (Å²) in [6.07, 6.45) is 0. The lowest BCUT2D eigenvalue weighted by atomic mass is 9.83. The molecule has 132 valence electrons. The van der Waals surface area contributed by atoms with Crippen molar-refractivity contribution in [2.75, 3.05) is 6.61 Å². The standard InChI is InChI=1S/C16H12Br2F2N2O3/c1-3-24-16(23)10-6(2)25-15(22)7(5-21)11(10)12-8(17)4-9(19)13(18)14(12)20/h4,11H,3,22H2,1-2H3. The molecule has 0 saturated carbocycles. The van der Waals surface area contributed by atoms with Crippen LogP contribution in [-0.2, 0) is 14.3 Å². The zero-order valence-electron chi connectivity index (χ0n) is 13.1. The molecule has 1 aromatic carbocycles. The molecule has 1 atom stereocenters. The van der Waals surface area contributed by atoms with E-state index in [1.807, 2.05) is 6.07 Å². The van der Waals surface area contributed by atoms with Crippen LogP contribution >= 0.6 is 31.9 Å². The van der Waals surface area contributed by atoms with E-state index in [9.17, 15) is 18.8 Å². The number of nitriles is 1. The number of nitrogens with two attached hydrogens (primary N) is 1. The molecule has 0 aromatic heterocycles. The van der Waals surface area contributed by atoms with Gasteiger partial charge in [0.25, 0.3) is 0 Å². The summed E-state index contributed by atoms with van der Waals surface area (Å²) in [5, 5.41) is 9.45. The van der Waals surface area contributed by atoms with Crippen LogP contribution in [0.2, 0.25) is 0 Å². The Kier molecular flexibility index (Phi) is 5.85. The predicted molar refractivity (Wildman–Crippen MR) is 91.7 cm³/mol. The van der Waals surface area contributed by atoms with Gasteiger partial charge in [0.1, 0.15) is 29.0 Å². The number of hydrogen-bond acceptors (Lipinski definition) is 5. The second-order valence-electron chi connectivity index (χ2n) is 5.00. The fourth-order valence-electron chi connectivity index (χ4n) is 2.49. The monoisotopic (exact) mass is 476 g/mol. The van der Waals surface area contributed by atoms with Crippen molar-refractivity contribution in [3.63, 3.8) is 0 Å². The first kappa shape index (κ1) is 19.4. The molecule has 1 aliphatic rings. The third kappa shape index (κ3) is 3.41. The number of nitrogens with zero attached hydrogens (tertiary/aromatic N) is 1. The summed E-state index contributed by atoms with van der Waals surface area (Å²) < 4.78 is 38.4. The maximum Gasteiger partial charge on any atom is 0.338 e. The van der Waals surface area contributed by atoms with Crippen LogP contribution < -0.4 is 5.73 Å². The Balaban J connectivity index is 2.81. The number of ether oxygens (including phenoxy) is 2. The Hall–Kier alpha value is -1.92. The first-order valence-electron chi connectivity index (χ1n) is 7.02. The Labute approximate surface area is 159 Å². The zero-order chi connectivity index (χ0) is 18.9. The molecule has 0 fully saturated rings. The number of rotatable bonds is 3. The van der Waals surface area contributed by atoms with Crippen molar-refractivity contribution < 1.29 is 23.0 Å². The molecule has 0 radical (unpaired) electrons. The molecule has 9 heteroatoms. The molecule has 1 aliphatic heterocycles. The Morgan fingerprint density at radius 2 is 2.12 bits per heavy atom. The molecule has 0 spiro atoms. The molecule has 1 aromatic rings. The van der Waals surface area contributed by atoms with Crippen molar-refractivity contribution in [1.29, 1.82) is 5.26 Å². The highest BCUT2D eigenvalue weighted by Crippen LogP contribution is 2.45. The van der Waals surface area contributed by atoms with Gasteiger partial charge in [0.2, 0.25) is 5.88 Å². The van der Waals surface area contributed by atoms with Crippen molar-refractivity contribution in [3.8, 4) is 6.07 Å². The van der Waals surface area contributed by atoms with Gasteiger partial charge < -0.3 is 15.2 Å². The molecule has 2 rings (SSSR count). The lowest BCUT2D eigenvalue weighted by Crippen LogP contribution is -2.26. The number of halogens is 4. The summed E-state index contributed by atoms with van der Waals surface area (Å²) >= 11 is 5.92. The lowest BCUT2D eigenvalue weighted by molar-refractivity contribution is -0.139. The predicted octanol–water partition coefficient (Wildman–Crippen LogP) is 4.13. The van der Waals surface area contributed by atoms with Gasteiger partial charge in [0, 0.05) is 10.0 Å². The van der Waals surface area contributed by atoms with E-state index in [1.165, 1.54) is 6.92 Å². The summed E-state index contributed by atoms with van der Waals surface area (Å²) in [6, 6.07) is 2.86. The average molecular weight is 478 g/mol. The second kappa shape index (κ2) is 7.54. The molecule has 0 aliphatic carbocycles. The van der Waals surface area contributed by atoms with Crippen LogP contribution in [0.5, 0.6) is 0 Å². The van der Waals surface area contributed by atoms with Crippen molar-refractivity contribution >= 4 is 37.8 Å². The van der Waals surface area contributed by atoms with Gasteiger partial charge >= 0.3 is 5.97 Å². The number of hydrogen-bond donors (Lipinski definition) is 1. The van der Waals surface area contributed by atoms with E-state index in [0.29, 0.717) is 0 Å². The highest BCUT2D eigenvalue weighted by Gasteiger charge is 2.39. The van der Waals surface area contributed by atoms with Crippen LogP contribution in [0, 0.1) is 23.0 Å². The molecule has 1 heterocycles. The van der Waals surface area contributed by atoms with Gasteiger partial charge in [-0.1, -0.05) is 15.9 Å². The summed E-state index contributed by atoms with van der Waals surface area (Å²) in [4.78, 5) is 12.4. The van der Waals surface area contributed by atoms with Crippen LogP contribution in [0.25, 0.3) is 0 Å². The van der Waals surface area contributed by atoms with E-state index in [0.717, 1.165) is 6.07 Å². The molecule has 5 nitrogen and oxygen atoms in total. The summed E-state index contributed by atoms with van der Waals surface area (Å²) in [5.41, 5.74) is 5.36. The van der Waals surface area contributed by atoms with Crippen LogP contribution in [0.3, 0.4) is 0 Å². The third-order valence-corrected chi connectivity index (χ3v) is 4.92. The Bertz CT molecular complexity index is 860. The van der Waals surface area contributed by atoms with Gasteiger partial charge in [-0.15, -0.1) is 0 Å². The van der Waals surface area contributed by atoms with E-state index in [2.05, 4.69) is 31.9 Å². The van der Waals surface area contributed by atoms with Gasteiger partial charge in [0.05, 0.1) is 22.6 Å². The quantitative estimate of drug-likeness (QED) is 0.402. The van der Waals surface area contributed by atoms with Gasteiger partial charge in [-0.2, -0.15) is 5.26 Å². The summed E-state index contributed by atoms with van der Waals surface area (Å²) in [5.74, 6) is -3.97. The number of carbonyl (C=O) groups excluding carboxylic acids is 1. The molecule has 0 bridgehead atoms. The first-order valence-corrected chi connectivity index (χ1v) is 8.61. The van der Waals surface area contributed by atoms with Crippen molar-refractivity contribution in [2.24, 2.45) is 5.73 Å². The van der Waals surface area contributed by atoms with Crippen LogP contribution in [-0.4, -0.2) is 12.6 Å². The normalized spacial score (nSPS) is 17.2. The van der Waals surface area contributed by atoms with Gasteiger partial charge in [-0.3, -0.25) is 0 Å². The molecule has 0 amide bonds. The van der Waals surface area contributed by atoms with Crippen molar-refractivity contribution in [3.05, 3.63) is 55.0 Å². The van der Waals surface area contributed by atoms with E-state index >= 15 is 0 Å². The first-order chi connectivity index (χ1) is 11.7. The number of allylic oxidation sites excluding steroid dienone is 2. The summed E-state index contributed by atoms with van der Waals surface area (Å²) in [6.45, 7) is 3.12. The molecule has 0 saturated heterocycles. The maximum absolute atomic E-state index is 14.8. The molecule has 2 N–H and O–H groups in total. The van der Waals surface area contributed by atoms with E-state index in [-0.39, 0.29) is 39.4 Å². The highest BCUT2D eigenvalue weighted by atomic mass is 79.9. The Morgan fingerprint density at radius 3 is 2.68 bits per heavy atom. The third-order valence-electron chi connectivity index (χ3n) is 3.54. The summed E-state index contributed by atoms with van der Waals surface area (Å²) in [7, 11) is 0. The minimum absolute atomic E-state index is 0.0350. The van der Waals surface area contributed by atoms with E-state index in [4.69, 9.17) is 15.2 Å². The number of carbonyl (C=O) groups is 1. The minimum atomic E-state index is -1.20. The molecular formula is C16H12Br2F2N2O3. The minimum Gasteiger partial charge on any atom is -0.463 e. The molecule has 25 heavy (non-hydrogen) atoms. The average Bonchev–Trinajstić information content (AvgIpc) is 2.53. The fourth-order valence-corrected chi connectivity index (χ4v) is 3.42. The van der Waals surface area contributed by atoms with E-state index in [1.54, 1.807) is 6.92 Å². The lowest BCUT2D eigenvalue weighted by Gasteiger charge is -2.28. The smallest absolute Gasteiger partial charge is 0.338 e. The molecule has 1 unspecified atom stereocenters. The molecular weight excluding hydrogens is 466 g/mol. The van der Waals surface area contributed by atoms with Crippen LogP contribution in [0.15, 0.2) is 37.8 Å². The van der Waals surface area contributed by atoms with Gasteiger partial charge in [0.15, 0.2) is 0 Å². The fraction of sp³-hybridized carbons (Fsp3) is 0.250. The van der Waals surface area contributed by atoms with Crippen molar-refractivity contribution in [1.82, 2.24) is 0 Å². The van der Waals surface area contributed by atoms with Gasteiger partial charge in [-0.05, 0) is 35.8 Å². The van der Waals surface area contributed by atoms with E-state index < -0.39 is 28.0 Å². The Morgan fingerprint density at radius 1 is 1.48 bits per heavy atom.